The minimum Gasteiger partial charge on any atom is -0.383 e. The van der Waals surface area contributed by atoms with Crippen molar-refractivity contribution < 1.29 is 9.59 Å². The molecule has 1 aliphatic heterocycles. The maximum Gasteiger partial charge on any atom is 0.258 e. The molecular weight excluding hydrogens is 216 g/mol. The van der Waals surface area contributed by atoms with Gasteiger partial charge in [0.05, 0.1) is 5.69 Å². The largest absolute Gasteiger partial charge is 0.383 e. The zero-order chi connectivity index (χ0) is 12.4. The Hall–Kier alpha value is -2.10. The van der Waals surface area contributed by atoms with Crippen molar-refractivity contribution in [1.82, 2.24) is 0 Å². The summed E-state index contributed by atoms with van der Waals surface area (Å²) >= 11 is 0. The SMILES string of the molecule is CC(C)Nc1ccc(N2C(=O)C=CC2=O)cc1. The first-order chi connectivity index (χ1) is 8.08. The Morgan fingerprint density at radius 2 is 1.53 bits per heavy atom. The van der Waals surface area contributed by atoms with Crippen LogP contribution < -0.4 is 10.2 Å². The van der Waals surface area contributed by atoms with Gasteiger partial charge < -0.3 is 5.32 Å². The molecule has 0 aliphatic carbocycles. The predicted octanol–water partition coefficient (Wildman–Crippen LogP) is 1.94. The lowest BCUT2D eigenvalue weighted by atomic mass is 10.2. The van der Waals surface area contributed by atoms with Gasteiger partial charge in [0.2, 0.25) is 0 Å². The lowest BCUT2D eigenvalue weighted by Crippen LogP contribution is -2.29. The Labute approximate surface area is 99.9 Å². The number of nitrogens with zero attached hydrogens (tertiary/aromatic N) is 1. The summed E-state index contributed by atoms with van der Waals surface area (Å²) in [5.74, 6) is -0.584. The number of imide groups is 1. The number of hydrogen-bond donors (Lipinski definition) is 1. The summed E-state index contributed by atoms with van der Waals surface area (Å²) in [5, 5.41) is 3.24. The highest BCUT2D eigenvalue weighted by atomic mass is 16.2. The van der Waals surface area contributed by atoms with Gasteiger partial charge in [0.1, 0.15) is 0 Å². The Bertz CT molecular complexity index is 457. The molecule has 1 N–H and O–H groups in total. The van der Waals surface area contributed by atoms with E-state index in [4.69, 9.17) is 0 Å². The third kappa shape index (κ3) is 2.36. The van der Waals surface area contributed by atoms with Crippen molar-refractivity contribution in [2.45, 2.75) is 19.9 Å². The Morgan fingerprint density at radius 1 is 1.00 bits per heavy atom. The van der Waals surface area contributed by atoms with E-state index in [1.165, 1.54) is 12.2 Å². The summed E-state index contributed by atoms with van der Waals surface area (Å²) in [6.45, 7) is 4.09. The lowest BCUT2D eigenvalue weighted by molar-refractivity contribution is -0.119. The van der Waals surface area contributed by atoms with Crippen molar-refractivity contribution in [1.29, 1.82) is 0 Å². The van der Waals surface area contributed by atoms with E-state index in [1.807, 2.05) is 26.0 Å². The molecule has 0 saturated heterocycles. The number of hydrogen-bond acceptors (Lipinski definition) is 3. The van der Waals surface area contributed by atoms with Crippen molar-refractivity contribution in [2.24, 2.45) is 0 Å². The maximum absolute atomic E-state index is 11.5. The van der Waals surface area contributed by atoms with Crippen LogP contribution in [0, 0.1) is 0 Å². The Balaban J connectivity index is 2.18. The van der Waals surface area contributed by atoms with E-state index in [0.717, 1.165) is 10.6 Å². The lowest BCUT2D eigenvalue weighted by Gasteiger charge is -2.15. The second kappa shape index (κ2) is 4.41. The van der Waals surface area contributed by atoms with Crippen molar-refractivity contribution in [3.05, 3.63) is 36.4 Å². The first-order valence-electron chi connectivity index (χ1n) is 5.50. The minimum absolute atomic E-state index is 0.292. The van der Waals surface area contributed by atoms with Gasteiger partial charge in [-0.3, -0.25) is 9.59 Å². The van der Waals surface area contributed by atoms with Crippen molar-refractivity contribution in [3.63, 3.8) is 0 Å². The van der Waals surface area contributed by atoms with Gasteiger partial charge in [-0.2, -0.15) is 0 Å². The zero-order valence-corrected chi connectivity index (χ0v) is 9.81. The Kier molecular flexibility index (Phi) is 2.95. The van der Waals surface area contributed by atoms with Gasteiger partial charge in [0.15, 0.2) is 0 Å². The molecule has 0 spiro atoms. The standard InChI is InChI=1S/C13H14N2O2/c1-9(2)14-10-3-5-11(6-4-10)15-12(16)7-8-13(15)17/h3-9,14H,1-2H3. The first kappa shape index (κ1) is 11.4. The maximum atomic E-state index is 11.5. The molecule has 2 amide bonds. The van der Waals surface area contributed by atoms with Crippen LogP contribution in [0.15, 0.2) is 36.4 Å². The molecule has 17 heavy (non-hydrogen) atoms. The Morgan fingerprint density at radius 3 is 2.00 bits per heavy atom. The third-order valence-electron chi connectivity index (χ3n) is 2.39. The highest BCUT2D eigenvalue weighted by Crippen LogP contribution is 2.21. The number of benzene rings is 1. The molecule has 0 atom stereocenters. The first-order valence-corrected chi connectivity index (χ1v) is 5.50. The number of amides is 2. The van der Waals surface area contributed by atoms with Gasteiger partial charge in [0, 0.05) is 23.9 Å². The molecule has 0 radical (unpaired) electrons. The molecule has 4 nitrogen and oxygen atoms in total. The van der Waals surface area contributed by atoms with Crippen LogP contribution in [0.3, 0.4) is 0 Å². The van der Waals surface area contributed by atoms with Crippen LogP contribution in [-0.2, 0) is 9.59 Å². The number of carbonyl (C=O) groups is 2. The molecule has 1 aromatic carbocycles. The number of rotatable bonds is 3. The third-order valence-corrected chi connectivity index (χ3v) is 2.39. The van der Waals surface area contributed by atoms with Crippen LogP contribution >= 0.6 is 0 Å². The molecular formula is C13H14N2O2. The highest BCUT2D eigenvalue weighted by Gasteiger charge is 2.24. The van der Waals surface area contributed by atoms with E-state index in [1.54, 1.807) is 12.1 Å². The topological polar surface area (TPSA) is 49.4 Å². The molecule has 0 saturated carbocycles. The fourth-order valence-corrected chi connectivity index (χ4v) is 1.69. The fraction of sp³-hybridized carbons (Fsp3) is 0.231. The summed E-state index contributed by atoms with van der Waals surface area (Å²) in [6, 6.07) is 7.57. The summed E-state index contributed by atoms with van der Waals surface area (Å²) < 4.78 is 0. The van der Waals surface area contributed by atoms with Crippen molar-refractivity contribution >= 4 is 23.2 Å². The predicted molar refractivity (Wildman–Crippen MR) is 66.8 cm³/mol. The average Bonchev–Trinajstić information content (AvgIpc) is 2.59. The van der Waals surface area contributed by atoms with Crippen LogP contribution in [0.1, 0.15) is 13.8 Å². The second-order valence-electron chi connectivity index (χ2n) is 4.19. The van der Waals surface area contributed by atoms with E-state index in [-0.39, 0.29) is 11.8 Å². The smallest absolute Gasteiger partial charge is 0.258 e. The van der Waals surface area contributed by atoms with Gasteiger partial charge in [-0.05, 0) is 38.1 Å². The molecule has 2 rings (SSSR count). The number of nitrogens with one attached hydrogen (secondary N) is 1. The van der Waals surface area contributed by atoms with Gasteiger partial charge in [-0.25, -0.2) is 4.90 Å². The highest BCUT2D eigenvalue weighted by molar-refractivity contribution is 6.28. The second-order valence-corrected chi connectivity index (χ2v) is 4.19. The normalized spacial score (nSPS) is 14.9. The van der Waals surface area contributed by atoms with Gasteiger partial charge >= 0.3 is 0 Å². The fourth-order valence-electron chi connectivity index (χ4n) is 1.69. The van der Waals surface area contributed by atoms with Crippen LogP contribution in [-0.4, -0.2) is 17.9 Å². The quantitative estimate of drug-likeness (QED) is 0.807. The van der Waals surface area contributed by atoms with Crippen LogP contribution in [0.4, 0.5) is 11.4 Å². The van der Waals surface area contributed by atoms with Crippen LogP contribution in [0.2, 0.25) is 0 Å². The van der Waals surface area contributed by atoms with E-state index in [0.29, 0.717) is 11.7 Å². The van der Waals surface area contributed by atoms with E-state index >= 15 is 0 Å². The van der Waals surface area contributed by atoms with Gasteiger partial charge in [0.25, 0.3) is 11.8 Å². The number of anilines is 2. The van der Waals surface area contributed by atoms with E-state index in [2.05, 4.69) is 5.32 Å². The molecule has 0 unspecified atom stereocenters. The minimum atomic E-state index is -0.292. The summed E-state index contributed by atoms with van der Waals surface area (Å²) in [4.78, 5) is 24.1. The summed E-state index contributed by atoms with van der Waals surface area (Å²) in [7, 11) is 0. The molecule has 0 fully saturated rings. The van der Waals surface area contributed by atoms with E-state index in [9.17, 15) is 9.59 Å². The zero-order valence-electron chi connectivity index (χ0n) is 9.81. The van der Waals surface area contributed by atoms with Gasteiger partial charge in [-0.1, -0.05) is 0 Å². The van der Waals surface area contributed by atoms with Crippen molar-refractivity contribution in [3.8, 4) is 0 Å². The summed E-state index contributed by atoms with van der Waals surface area (Å²) in [5.41, 5.74) is 1.56. The molecule has 0 bridgehead atoms. The molecule has 1 aromatic rings. The molecule has 0 aromatic heterocycles. The van der Waals surface area contributed by atoms with E-state index < -0.39 is 0 Å². The number of carbonyl (C=O) groups excluding carboxylic acids is 2. The van der Waals surface area contributed by atoms with Crippen LogP contribution in [0.5, 0.6) is 0 Å². The molecule has 1 heterocycles. The van der Waals surface area contributed by atoms with Gasteiger partial charge in [-0.15, -0.1) is 0 Å². The molecule has 88 valence electrons. The van der Waals surface area contributed by atoms with Crippen molar-refractivity contribution in [2.75, 3.05) is 10.2 Å². The van der Waals surface area contributed by atoms with Crippen LogP contribution in [0.25, 0.3) is 0 Å². The monoisotopic (exact) mass is 230 g/mol. The molecule has 4 heteroatoms. The average molecular weight is 230 g/mol. The molecule has 1 aliphatic rings. The summed E-state index contributed by atoms with van der Waals surface area (Å²) in [6.07, 6.45) is 2.56.